The Balaban J connectivity index is 2.43. The molecular formula is C14H28N2O2. The number of nitrogens with two attached hydrogens (primary N) is 1. The van der Waals surface area contributed by atoms with Crippen LogP contribution < -0.4 is 11.1 Å². The fraction of sp³-hybridized carbons (Fsp3) is 0.929. The number of rotatable bonds is 7. The van der Waals surface area contributed by atoms with E-state index in [0.717, 1.165) is 38.5 Å². The van der Waals surface area contributed by atoms with Crippen molar-refractivity contribution in [2.75, 3.05) is 6.54 Å². The van der Waals surface area contributed by atoms with Gasteiger partial charge in [0.15, 0.2) is 0 Å². The average Bonchev–Trinajstić information content (AvgIpc) is 2.78. The number of hydrogen-bond acceptors (Lipinski definition) is 3. The fourth-order valence-electron chi connectivity index (χ4n) is 2.68. The minimum Gasteiger partial charge on any atom is -0.361 e. The lowest BCUT2D eigenvalue weighted by Crippen LogP contribution is -2.47. The molecular weight excluding hydrogens is 228 g/mol. The molecule has 0 aromatic rings. The van der Waals surface area contributed by atoms with E-state index < -0.39 is 6.10 Å². The number of nitrogens with one attached hydrogen (secondary N) is 1. The van der Waals surface area contributed by atoms with Crippen LogP contribution in [0.25, 0.3) is 0 Å². The highest BCUT2D eigenvalue weighted by Gasteiger charge is 2.36. The van der Waals surface area contributed by atoms with Crippen LogP contribution in [0.15, 0.2) is 0 Å². The van der Waals surface area contributed by atoms with Gasteiger partial charge in [0.25, 0.3) is 0 Å². The van der Waals surface area contributed by atoms with Crippen LogP contribution in [-0.2, 0) is 9.53 Å². The molecule has 0 radical (unpaired) electrons. The second-order valence-electron chi connectivity index (χ2n) is 5.55. The summed E-state index contributed by atoms with van der Waals surface area (Å²) >= 11 is 0. The molecule has 1 amide bonds. The third-order valence-corrected chi connectivity index (χ3v) is 3.79. The Morgan fingerprint density at radius 2 is 2.00 bits per heavy atom. The third kappa shape index (κ3) is 4.25. The zero-order valence-electron chi connectivity index (χ0n) is 12.0. The fourth-order valence-corrected chi connectivity index (χ4v) is 2.68. The van der Waals surface area contributed by atoms with E-state index >= 15 is 0 Å². The van der Waals surface area contributed by atoms with E-state index in [9.17, 15) is 4.79 Å². The van der Waals surface area contributed by atoms with Crippen LogP contribution >= 0.6 is 0 Å². The summed E-state index contributed by atoms with van der Waals surface area (Å²) in [4.78, 5) is 12.0. The summed E-state index contributed by atoms with van der Waals surface area (Å²) in [5, 5.41) is 2.99. The Labute approximate surface area is 111 Å². The predicted molar refractivity (Wildman–Crippen MR) is 73.3 cm³/mol. The van der Waals surface area contributed by atoms with Crippen molar-refractivity contribution in [1.29, 1.82) is 0 Å². The number of amides is 1. The van der Waals surface area contributed by atoms with Crippen LogP contribution in [0.5, 0.6) is 0 Å². The smallest absolute Gasteiger partial charge is 0.249 e. The quantitative estimate of drug-likeness (QED) is 0.732. The molecule has 1 fully saturated rings. The van der Waals surface area contributed by atoms with Crippen molar-refractivity contribution >= 4 is 5.91 Å². The van der Waals surface area contributed by atoms with E-state index in [4.69, 9.17) is 10.5 Å². The van der Waals surface area contributed by atoms with Gasteiger partial charge in [-0.15, -0.1) is 0 Å². The molecule has 3 N–H and O–H groups in total. The van der Waals surface area contributed by atoms with Crippen molar-refractivity contribution in [2.24, 2.45) is 5.73 Å². The first-order chi connectivity index (χ1) is 8.53. The Hall–Kier alpha value is -0.610. The molecule has 0 aromatic heterocycles. The molecule has 4 nitrogen and oxygen atoms in total. The molecule has 2 atom stereocenters. The van der Waals surface area contributed by atoms with Crippen LogP contribution in [0.4, 0.5) is 0 Å². The van der Waals surface area contributed by atoms with E-state index in [1.807, 2.05) is 13.8 Å². The first kappa shape index (κ1) is 15.4. The van der Waals surface area contributed by atoms with Gasteiger partial charge in [-0.2, -0.15) is 0 Å². The predicted octanol–water partition coefficient (Wildman–Crippen LogP) is 1.97. The first-order valence-electron chi connectivity index (χ1n) is 7.21. The molecule has 1 rings (SSSR count). The molecule has 2 unspecified atom stereocenters. The second-order valence-corrected chi connectivity index (χ2v) is 5.55. The number of carbonyl (C=O) groups excluding carboxylic acids is 1. The normalized spacial score (nSPS) is 21.6. The number of hydrogen-bond donors (Lipinski definition) is 2. The Morgan fingerprint density at radius 3 is 2.50 bits per heavy atom. The maximum absolute atomic E-state index is 12.0. The van der Waals surface area contributed by atoms with Crippen LogP contribution in [-0.4, -0.2) is 30.2 Å². The monoisotopic (exact) mass is 256 g/mol. The molecule has 18 heavy (non-hydrogen) atoms. The van der Waals surface area contributed by atoms with E-state index in [2.05, 4.69) is 12.2 Å². The molecule has 0 bridgehead atoms. The van der Waals surface area contributed by atoms with Crippen molar-refractivity contribution < 1.29 is 9.53 Å². The zero-order valence-corrected chi connectivity index (χ0v) is 12.0. The van der Waals surface area contributed by atoms with E-state index in [1.54, 1.807) is 0 Å². The zero-order chi connectivity index (χ0) is 13.6. The summed E-state index contributed by atoms with van der Waals surface area (Å²) in [6, 6.07) is 0.214. The van der Waals surface area contributed by atoms with Gasteiger partial charge in [0.1, 0.15) is 6.10 Å². The van der Waals surface area contributed by atoms with Gasteiger partial charge >= 0.3 is 0 Å². The molecule has 1 aliphatic rings. The molecule has 0 spiro atoms. The van der Waals surface area contributed by atoms with Gasteiger partial charge in [-0.3, -0.25) is 4.79 Å². The van der Waals surface area contributed by atoms with Crippen molar-refractivity contribution in [3.63, 3.8) is 0 Å². The third-order valence-electron chi connectivity index (χ3n) is 3.79. The van der Waals surface area contributed by atoms with Crippen LogP contribution in [0.3, 0.4) is 0 Å². The summed E-state index contributed by atoms with van der Waals surface area (Å²) in [6.45, 7) is 6.48. The van der Waals surface area contributed by atoms with Gasteiger partial charge < -0.3 is 15.8 Å². The maximum atomic E-state index is 12.0. The van der Waals surface area contributed by atoms with E-state index in [0.29, 0.717) is 6.54 Å². The van der Waals surface area contributed by atoms with Crippen LogP contribution in [0.1, 0.15) is 59.3 Å². The minimum absolute atomic E-state index is 0.0179. The topological polar surface area (TPSA) is 64.3 Å². The molecule has 0 heterocycles. The highest BCUT2D eigenvalue weighted by molar-refractivity contribution is 5.80. The lowest BCUT2D eigenvalue weighted by atomic mass is 10.0. The molecule has 106 valence electrons. The summed E-state index contributed by atoms with van der Waals surface area (Å²) in [7, 11) is 0. The molecule has 0 aliphatic heterocycles. The lowest BCUT2D eigenvalue weighted by molar-refractivity contribution is -0.144. The van der Waals surface area contributed by atoms with E-state index in [-0.39, 0.29) is 17.6 Å². The number of carbonyl (C=O) groups is 1. The number of ether oxygens (including phenoxy) is 1. The standard InChI is InChI=1S/C14H28N2O2/c1-4-7-11(2)16-13(17)12(3)18-14(10-15)8-5-6-9-14/h11-12H,4-10,15H2,1-3H3,(H,16,17). The Morgan fingerprint density at radius 1 is 1.39 bits per heavy atom. The van der Waals surface area contributed by atoms with Crippen molar-refractivity contribution in [1.82, 2.24) is 5.32 Å². The van der Waals surface area contributed by atoms with Gasteiger partial charge in [-0.05, 0) is 33.1 Å². The minimum atomic E-state index is -0.411. The van der Waals surface area contributed by atoms with Gasteiger partial charge in [0, 0.05) is 12.6 Å². The summed E-state index contributed by atoms with van der Waals surface area (Å²) < 4.78 is 5.95. The average molecular weight is 256 g/mol. The van der Waals surface area contributed by atoms with E-state index in [1.165, 1.54) is 0 Å². The summed E-state index contributed by atoms with van der Waals surface area (Å²) in [5.74, 6) is -0.0179. The molecule has 0 aromatic carbocycles. The molecule has 0 saturated heterocycles. The lowest BCUT2D eigenvalue weighted by Gasteiger charge is -2.31. The van der Waals surface area contributed by atoms with Crippen molar-refractivity contribution in [3.8, 4) is 0 Å². The Kier molecular flexibility index (Phi) is 6.09. The highest BCUT2D eigenvalue weighted by atomic mass is 16.5. The molecule has 1 aliphatic carbocycles. The largest absolute Gasteiger partial charge is 0.361 e. The molecule has 1 saturated carbocycles. The van der Waals surface area contributed by atoms with Gasteiger partial charge in [-0.1, -0.05) is 26.2 Å². The first-order valence-corrected chi connectivity index (χ1v) is 7.21. The maximum Gasteiger partial charge on any atom is 0.249 e. The van der Waals surface area contributed by atoms with Gasteiger partial charge in [0.05, 0.1) is 5.60 Å². The van der Waals surface area contributed by atoms with Gasteiger partial charge in [-0.25, -0.2) is 0 Å². The van der Waals surface area contributed by atoms with Crippen molar-refractivity contribution in [2.45, 2.75) is 77.0 Å². The summed E-state index contributed by atoms with van der Waals surface area (Å²) in [5.41, 5.74) is 5.55. The SMILES string of the molecule is CCCC(C)NC(=O)C(C)OC1(CN)CCCC1. The Bertz CT molecular complexity index is 263. The van der Waals surface area contributed by atoms with Crippen molar-refractivity contribution in [3.05, 3.63) is 0 Å². The van der Waals surface area contributed by atoms with Gasteiger partial charge in [0.2, 0.25) is 5.91 Å². The van der Waals surface area contributed by atoms with Crippen LogP contribution in [0, 0.1) is 0 Å². The second kappa shape index (κ2) is 7.10. The van der Waals surface area contributed by atoms with Crippen LogP contribution in [0.2, 0.25) is 0 Å². The summed E-state index contributed by atoms with van der Waals surface area (Å²) in [6.07, 6.45) is 5.92. The highest BCUT2D eigenvalue weighted by Crippen LogP contribution is 2.33. The molecule has 4 heteroatoms.